The van der Waals surface area contributed by atoms with Gasteiger partial charge in [-0.25, -0.2) is 14.3 Å². The second-order valence-corrected chi connectivity index (χ2v) is 5.52. The number of carbonyl (C=O) groups is 1. The van der Waals surface area contributed by atoms with Crippen LogP contribution >= 0.6 is 12.4 Å². The number of likely N-dealkylation sites (N-methyl/N-ethyl adjacent to an activating group) is 1. The largest absolute Gasteiger partial charge is 0.353 e. The number of aryl methyl sites for hydroxylation is 2. The lowest BCUT2D eigenvalue weighted by Crippen LogP contribution is -2.45. The molecule has 24 heavy (non-hydrogen) atoms. The Labute approximate surface area is 145 Å². The van der Waals surface area contributed by atoms with Gasteiger partial charge in [-0.3, -0.25) is 14.2 Å². The highest BCUT2D eigenvalue weighted by Crippen LogP contribution is 2.02. The lowest BCUT2D eigenvalue weighted by atomic mass is 10.3. The van der Waals surface area contributed by atoms with Crippen LogP contribution in [0.15, 0.2) is 15.9 Å². The summed E-state index contributed by atoms with van der Waals surface area (Å²) in [5.74, 6) is -0.379. The molecule has 0 saturated heterocycles. The molecule has 0 aliphatic rings. The summed E-state index contributed by atoms with van der Waals surface area (Å²) in [5, 5.41) is 5.88. The van der Waals surface area contributed by atoms with Crippen LogP contribution in [0, 0.1) is 0 Å². The predicted molar refractivity (Wildman–Crippen MR) is 93.6 cm³/mol. The van der Waals surface area contributed by atoms with Gasteiger partial charge < -0.3 is 15.2 Å². The summed E-state index contributed by atoms with van der Waals surface area (Å²) in [7, 11) is 3.20. The summed E-state index contributed by atoms with van der Waals surface area (Å²) in [6.45, 7) is 4.83. The van der Waals surface area contributed by atoms with E-state index in [0.29, 0.717) is 17.7 Å². The van der Waals surface area contributed by atoms with Crippen molar-refractivity contribution < 1.29 is 4.79 Å². The molecule has 0 aliphatic carbocycles. The molecule has 9 nitrogen and oxygen atoms in total. The van der Waals surface area contributed by atoms with Crippen LogP contribution in [0.1, 0.15) is 13.8 Å². The van der Waals surface area contributed by atoms with E-state index < -0.39 is 11.2 Å². The van der Waals surface area contributed by atoms with Gasteiger partial charge in [0.15, 0.2) is 11.2 Å². The first-order valence-corrected chi connectivity index (χ1v) is 7.47. The van der Waals surface area contributed by atoms with Gasteiger partial charge in [0.25, 0.3) is 5.56 Å². The van der Waals surface area contributed by atoms with Gasteiger partial charge in [0, 0.05) is 26.7 Å². The van der Waals surface area contributed by atoms with Crippen molar-refractivity contribution >= 4 is 29.5 Å². The number of carbonyl (C=O) groups excluding carboxylic acids is 1. The number of aromatic nitrogens is 4. The van der Waals surface area contributed by atoms with Crippen LogP contribution in [-0.4, -0.2) is 43.7 Å². The molecule has 0 radical (unpaired) electrons. The average molecular weight is 359 g/mol. The van der Waals surface area contributed by atoms with E-state index in [4.69, 9.17) is 0 Å². The van der Waals surface area contributed by atoms with E-state index in [1.54, 1.807) is 11.6 Å². The monoisotopic (exact) mass is 358 g/mol. The van der Waals surface area contributed by atoms with Crippen molar-refractivity contribution in [1.29, 1.82) is 0 Å². The zero-order valence-electron chi connectivity index (χ0n) is 14.2. The SMILES string of the molecule is CCN[C@H](C)CNC(=O)Cn1c(=O)c2c(ncn2C)n(C)c1=O.Cl. The Morgan fingerprint density at radius 3 is 2.62 bits per heavy atom. The van der Waals surface area contributed by atoms with E-state index in [-0.39, 0.29) is 30.9 Å². The average Bonchev–Trinajstić information content (AvgIpc) is 2.89. The minimum Gasteiger partial charge on any atom is -0.353 e. The molecule has 1 amide bonds. The molecule has 2 heterocycles. The maximum atomic E-state index is 12.5. The van der Waals surface area contributed by atoms with Gasteiger partial charge in [0.1, 0.15) is 6.54 Å². The molecule has 0 fully saturated rings. The smallest absolute Gasteiger partial charge is 0.332 e. The Morgan fingerprint density at radius 1 is 1.33 bits per heavy atom. The molecule has 10 heteroatoms. The standard InChI is InChI=1S/C14H22N6O3.ClH/c1-5-15-9(2)6-16-10(21)7-20-13(22)11-12(17-8-18(11)3)19(4)14(20)23;/h8-9,15H,5-7H2,1-4H3,(H,16,21);1H/t9-;/m1./s1. The second kappa shape index (κ2) is 8.11. The third-order valence-electron chi connectivity index (χ3n) is 3.66. The summed E-state index contributed by atoms with van der Waals surface area (Å²) in [6, 6.07) is 0.114. The number of rotatable bonds is 6. The maximum absolute atomic E-state index is 12.5. The van der Waals surface area contributed by atoms with Crippen LogP contribution in [0.3, 0.4) is 0 Å². The van der Waals surface area contributed by atoms with Crippen molar-refractivity contribution in [3.63, 3.8) is 0 Å². The van der Waals surface area contributed by atoms with Crippen molar-refractivity contribution in [1.82, 2.24) is 29.3 Å². The number of halogens is 1. The fourth-order valence-corrected chi connectivity index (χ4v) is 2.42. The van der Waals surface area contributed by atoms with E-state index >= 15 is 0 Å². The number of hydrogen-bond acceptors (Lipinski definition) is 5. The van der Waals surface area contributed by atoms with E-state index in [0.717, 1.165) is 11.1 Å². The Balaban J connectivity index is 0.00000288. The zero-order chi connectivity index (χ0) is 17.1. The van der Waals surface area contributed by atoms with E-state index in [1.165, 1.54) is 17.9 Å². The lowest BCUT2D eigenvalue weighted by molar-refractivity contribution is -0.121. The van der Waals surface area contributed by atoms with Crippen molar-refractivity contribution in [2.45, 2.75) is 26.4 Å². The second-order valence-electron chi connectivity index (χ2n) is 5.52. The van der Waals surface area contributed by atoms with Gasteiger partial charge in [-0.2, -0.15) is 0 Å². The van der Waals surface area contributed by atoms with Gasteiger partial charge in [0.05, 0.1) is 6.33 Å². The summed E-state index contributed by atoms with van der Waals surface area (Å²) >= 11 is 0. The molecule has 2 aromatic heterocycles. The van der Waals surface area contributed by atoms with E-state index in [1.807, 2.05) is 13.8 Å². The van der Waals surface area contributed by atoms with Crippen LogP contribution in [0.25, 0.3) is 11.2 Å². The molecule has 2 aromatic rings. The normalized spacial score (nSPS) is 12.0. The molecule has 0 aromatic carbocycles. The maximum Gasteiger partial charge on any atom is 0.332 e. The first-order chi connectivity index (χ1) is 10.9. The zero-order valence-corrected chi connectivity index (χ0v) is 15.0. The molecule has 2 rings (SSSR count). The van der Waals surface area contributed by atoms with Crippen molar-refractivity contribution in [3.05, 3.63) is 27.2 Å². The highest BCUT2D eigenvalue weighted by atomic mass is 35.5. The van der Waals surface area contributed by atoms with Gasteiger partial charge >= 0.3 is 5.69 Å². The molecule has 0 aliphatic heterocycles. The Morgan fingerprint density at radius 2 is 2.00 bits per heavy atom. The van der Waals surface area contributed by atoms with Gasteiger partial charge in [0.2, 0.25) is 5.91 Å². The van der Waals surface area contributed by atoms with Crippen LogP contribution in [0.5, 0.6) is 0 Å². The molecule has 0 unspecified atom stereocenters. The number of nitrogens with zero attached hydrogens (tertiary/aromatic N) is 4. The molecule has 0 saturated carbocycles. The number of nitrogens with one attached hydrogen (secondary N) is 2. The molecule has 1 atom stereocenters. The minimum absolute atomic E-state index is 0. The fourth-order valence-electron chi connectivity index (χ4n) is 2.42. The van der Waals surface area contributed by atoms with Gasteiger partial charge in [-0.1, -0.05) is 6.92 Å². The molecule has 0 spiro atoms. The number of hydrogen-bond donors (Lipinski definition) is 2. The first kappa shape index (κ1) is 19.9. The summed E-state index contributed by atoms with van der Waals surface area (Å²) < 4.78 is 3.74. The summed E-state index contributed by atoms with van der Waals surface area (Å²) in [6.07, 6.45) is 1.47. The fraction of sp³-hybridized carbons (Fsp3) is 0.571. The van der Waals surface area contributed by atoms with E-state index in [2.05, 4.69) is 15.6 Å². The minimum atomic E-state index is -0.559. The highest BCUT2D eigenvalue weighted by molar-refractivity contribution is 5.85. The molecular weight excluding hydrogens is 336 g/mol. The van der Waals surface area contributed by atoms with Crippen molar-refractivity contribution in [2.24, 2.45) is 14.1 Å². The first-order valence-electron chi connectivity index (χ1n) is 7.47. The molecule has 2 N–H and O–H groups in total. The molecular formula is C14H23ClN6O3. The van der Waals surface area contributed by atoms with Crippen LogP contribution in [0.2, 0.25) is 0 Å². The molecule has 134 valence electrons. The Kier molecular flexibility index (Phi) is 6.73. The third kappa shape index (κ3) is 3.85. The topological polar surface area (TPSA) is 103 Å². The van der Waals surface area contributed by atoms with Crippen LogP contribution < -0.4 is 21.9 Å². The van der Waals surface area contributed by atoms with Crippen molar-refractivity contribution in [2.75, 3.05) is 13.1 Å². The van der Waals surface area contributed by atoms with Gasteiger partial charge in [-0.15, -0.1) is 12.4 Å². The Bertz CT molecular complexity index is 837. The summed E-state index contributed by atoms with van der Waals surface area (Å²) in [5.41, 5.74) is -0.477. The van der Waals surface area contributed by atoms with E-state index in [9.17, 15) is 14.4 Å². The summed E-state index contributed by atoms with van der Waals surface area (Å²) in [4.78, 5) is 40.8. The third-order valence-corrected chi connectivity index (χ3v) is 3.66. The number of imidazole rings is 1. The lowest BCUT2D eigenvalue weighted by Gasteiger charge is -2.14. The number of amides is 1. The highest BCUT2D eigenvalue weighted by Gasteiger charge is 2.17. The van der Waals surface area contributed by atoms with Gasteiger partial charge in [-0.05, 0) is 13.5 Å². The predicted octanol–water partition coefficient (Wildman–Crippen LogP) is -1.03. The Hall–Kier alpha value is -2.13. The number of fused-ring (bicyclic) bond motifs is 1. The quantitative estimate of drug-likeness (QED) is 0.687. The van der Waals surface area contributed by atoms with Crippen LogP contribution in [0.4, 0.5) is 0 Å². The van der Waals surface area contributed by atoms with Crippen molar-refractivity contribution in [3.8, 4) is 0 Å². The molecule has 0 bridgehead atoms. The van der Waals surface area contributed by atoms with Crippen LogP contribution in [-0.2, 0) is 25.4 Å².